The van der Waals surface area contributed by atoms with Crippen molar-refractivity contribution in [2.24, 2.45) is 0 Å². The van der Waals surface area contributed by atoms with Crippen LogP contribution in [0.3, 0.4) is 0 Å². The molecule has 0 atom stereocenters. The van der Waals surface area contributed by atoms with Gasteiger partial charge in [0, 0.05) is 25.3 Å². The fourth-order valence-electron chi connectivity index (χ4n) is 2.88. The molecular formula is C17H22N4O2S. The molecule has 128 valence electrons. The minimum atomic E-state index is -3.20. The molecule has 2 aromatic rings. The van der Waals surface area contributed by atoms with Gasteiger partial charge in [-0.3, -0.25) is 0 Å². The maximum Gasteiger partial charge on any atom is 0.214 e. The Hall–Kier alpha value is -1.99. The van der Waals surface area contributed by atoms with Crippen molar-refractivity contribution in [2.75, 3.05) is 24.2 Å². The topological polar surface area (TPSA) is 75.2 Å². The largest absolute Gasteiger partial charge is 0.367 e. The van der Waals surface area contributed by atoms with Gasteiger partial charge in [0.05, 0.1) is 5.75 Å². The summed E-state index contributed by atoms with van der Waals surface area (Å²) < 4.78 is 26.6. The average molecular weight is 346 g/mol. The first-order valence-electron chi connectivity index (χ1n) is 8.18. The lowest BCUT2D eigenvalue weighted by molar-refractivity contribution is 0.329. The number of sulfonamides is 1. The van der Waals surface area contributed by atoms with Gasteiger partial charge in [-0.15, -0.1) is 0 Å². The predicted molar refractivity (Wildman–Crippen MR) is 94.2 cm³/mol. The molecule has 1 fully saturated rings. The summed E-state index contributed by atoms with van der Waals surface area (Å²) in [6.07, 6.45) is 5.33. The van der Waals surface area contributed by atoms with Crippen molar-refractivity contribution in [3.63, 3.8) is 0 Å². The van der Waals surface area contributed by atoms with E-state index >= 15 is 0 Å². The van der Waals surface area contributed by atoms with Crippen LogP contribution in [0.25, 0.3) is 0 Å². The van der Waals surface area contributed by atoms with E-state index in [2.05, 4.69) is 15.3 Å². The van der Waals surface area contributed by atoms with Crippen LogP contribution in [0.5, 0.6) is 0 Å². The number of benzene rings is 1. The standard InChI is InChI=1S/C17H22N4O2S/c22-24(23,13-9-15-4-2-1-3-5-15)21-11-7-16(8-12-21)20-17-6-10-18-14-19-17/h1-6,10,14,16H,7-9,11-13H2,(H,18,19,20). The fourth-order valence-corrected chi connectivity index (χ4v) is 4.40. The Morgan fingerprint density at radius 3 is 2.54 bits per heavy atom. The molecule has 7 heteroatoms. The molecule has 0 radical (unpaired) electrons. The maximum atomic E-state index is 12.5. The lowest BCUT2D eigenvalue weighted by atomic mass is 10.1. The number of nitrogens with one attached hydrogen (secondary N) is 1. The monoisotopic (exact) mass is 346 g/mol. The number of rotatable bonds is 6. The smallest absolute Gasteiger partial charge is 0.214 e. The summed E-state index contributed by atoms with van der Waals surface area (Å²) in [6, 6.07) is 11.8. The van der Waals surface area contributed by atoms with Gasteiger partial charge in [0.25, 0.3) is 0 Å². The van der Waals surface area contributed by atoms with Gasteiger partial charge in [-0.25, -0.2) is 22.7 Å². The third-order valence-corrected chi connectivity index (χ3v) is 6.14. The molecular weight excluding hydrogens is 324 g/mol. The first-order chi connectivity index (χ1) is 11.6. The molecule has 0 amide bonds. The van der Waals surface area contributed by atoms with Crippen LogP contribution in [0.4, 0.5) is 5.82 Å². The molecule has 1 aliphatic rings. The second-order valence-corrected chi connectivity index (χ2v) is 8.05. The number of piperidine rings is 1. The second kappa shape index (κ2) is 7.72. The Balaban J connectivity index is 1.50. The van der Waals surface area contributed by atoms with E-state index in [1.54, 1.807) is 10.5 Å². The number of hydrogen-bond donors (Lipinski definition) is 1. The average Bonchev–Trinajstić information content (AvgIpc) is 2.62. The van der Waals surface area contributed by atoms with Crippen LogP contribution in [-0.2, 0) is 16.4 Å². The van der Waals surface area contributed by atoms with Crippen molar-refractivity contribution in [3.8, 4) is 0 Å². The van der Waals surface area contributed by atoms with Crippen molar-refractivity contribution in [3.05, 3.63) is 54.5 Å². The Morgan fingerprint density at radius 2 is 1.88 bits per heavy atom. The van der Waals surface area contributed by atoms with Crippen molar-refractivity contribution in [1.29, 1.82) is 0 Å². The summed E-state index contributed by atoms with van der Waals surface area (Å²) in [5, 5.41) is 3.34. The predicted octanol–water partition coefficient (Wildman–Crippen LogP) is 1.93. The van der Waals surface area contributed by atoms with Crippen molar-refractivity contribution in [2.45, 2.75) is 25.3 Å². The van der Waals surface area contributed by atoms with Crippen molar-refractivity contribution in [1.82, 2.24) is 14.3 Å². The molecule has 1 N–H and O–H groups in total. The summed E-state index contributed by atoms with van der Waals surface area (Å²) >= 11 is 0. The van der Waals surface area contributed by atoms with Crippen molar-refractivity contribution < 1.29 is 8.42 Å². The fraction of sp³-hybridized carbons (Fsp3) is 0.412. The molecule has 0 bridgehead atoms. The highest BCUT2D eigenvalue weighted by molar-refractivity contribution is 7.89. The number of nitrogens with zero attached hydrogens (tertiary/aromatic N) is 3. The van der Waals surface area contributed by atoms with Gasteiger partial charge in [-0.05, 0) is 30.9 Å². The molecule has 3 rings (SSSR count). The third kappa shape index (κ3) is 4.52. The van der Waals surface area contributed by atoms with E-state index in [4.69, 9.17) is 0 Å². The number of hydrogen-bond acceptors (Lipinski definition) is 5. The van der Waals surface area contributed by atoms with Crippen LogP contribution >= 0.6 is 0 Å². The van der Waals surface area contributed by atoms with Crippen LogP contribution in [-0.4, -0.2) is 47.6 Å². The van der Waals surface area contributed by atoms with E-state index in [1.165, 1.54) is 6.33 Å². The van der Waals surface area contributed by atoms with Gasteiger partial charge in [0.15, 0.2) is 0 Å². The van der Waals surface area contributed by atoms with E-state index in [1.807, 2.05) is 36.4 Å². The van der Waals surface area contributed by atoms with Gasteiger partial charge in [0.2, 0.25) is 10.0 Å². The van der Waals surface area contributed by atoms with E-state index in [0.717, 1.165) is 24.2 Å². The SMILES string of the molecule is O=S(=O)(CCc1ccccc1)N1CCC(Nc2ccncn2)CC1. The highest BCUT2D eigenvalue weighted by Gasteiger charge is 2.27. The molecule has 0 saturated carbocycles. The Kier molecular flexibility index (Phi) is 5.42. The first kappa shape index (κ1) is 16.9. The van der Waals surface area contributed by atoms with Gasteiger partial charge in [0.1, 0.15) is 12.1 Å². The number of aromatic nitrogens is 2. The molecule has 2 heterocycles. The molecule has 1 aromatic heterocycles. The molecule has 0 aliphatic carbocycles. The van der Waals surface area contributed by atoms with E-state index in [9.17, 15) is 8.42 Å². The van der Waals surface area contributed by atoms with Crippen LogP contribution < -0.4 is 5.32 Å². The molecule has 1 saturated heterocycles. The summed E-state index contributed by atoms with van der Waals surface area (Å²) in [4.78, 5) is 8.04. The summed E-state index contributed by atoms with van der Waals surface area (Å²) in [5.74, 6) is 0.955. The zero-order valence-electron chi connectivity index (χ0n) is 13.5. The maximum absolute atomic E-state index is 12.5. The Bertz CT molecular complexity index is 730. The highest BCUT2D eigenvalue weighted by Crippen LogP contribution is 2.18. The van der Waals surface area contributed by atoms with E-state index < -0.39 is 10.0 Å². The second-order valence-electron chi connectivity index (χ2n) is 5.96. The molecule has 1 aliphatic heterocycles. The lowest BCUT2D eigenvalue weighted by Gasteiger charge is -2.31. The van der Waals surface area contributed by atoms with E-state index in [0.29, 0.717) is 19.5 Å². The lowest BCUT2D eigenvalue weighted by Crippen LogP contribution is -2.43. The first-order valence-corrected chi connectivity index (χ1v) is 9.79. The summed E-state index contributed by atoms with van der Waals surface area (Å²) in [6.45, 7) is 1.11. The summed E-state index contributed by atoms with van der Waals surface area (Å²) in [7, 11) is -3.20. The van der Waals surface area contributed by atoms with Crippen molar-refractivity contribution >= 4 is 15.8 Å². The molecule has 24 heavy (non-hydrogen) atoms. The van der Waals surface area contributed by atoms with Gasteiger partial charge < -0.3 is 5.32 Å². The minimum Gasteiger partial charge on any atom is -0.367 e. The molecule has 0 unspecified atom stereocenters. The van der Waals surface area contributed by atoms with Crippen LogP contribution in [0, 0.1) is 0 Å². The summed E-state index contributed by atoms with van der Waals surface area (Å²) in [5.41, 5.74) is 1.06. The molecule has 0 spiro atoms. The van der Waals surface area contributed by atoms with Crippen LogP contribution in [0.2, 0.25) is 0 Å². The van der Waals surface area contributed by atoms with Gasteiger partial charge in [-0.1, -0.05) is 30.3 Å². The third-order valence-electron chi connectivity index (χ3n) is 4.27. The Morgan fingerprint density at radius 1 is 1.12 bits per heavy atom. The molecule has 6 nitrogen and oxygen atoms in total. The zero-order valence-corrected chi connectivity index (χ0v) is 14.3. The number of anilines is 1. The molecule has 1 aromatic carbocycles. The van der Waals surface area contributed by atoms with Crippen LogP contribution in [0.1, 0.15) is 18.4 Å². The highest BCUT2D eigenvalue weighted by atomic mass is 32.2. The van der Waals surface area contributed by atoms with E-state index in [-0.39, 0.29) is 11.8 Å². The normalized spacial score (nSPS) is 16.8. The minimum absolute atomic E-state index is 0.168. The quantitative estimate of drug-likeness (QED) is 0.865. The van der Waals surface area contributed by atoms with Gasteiger partial charge in [-0.2, -0.15) is 0 Å². The number of aryl methyl sites for hydroxylation is 1. The van der Waals surface area contributed by atoms with Crippen LogP contribution in [0.15, 0.2) is 48.9 Å². The Labute approximate surface area is 143 Å². The van der Waals surface area contributed by atoms with Gasteiger partial charge >= 0.3 is 0 Å². The zero-order chi connectivity index (χ0) is 16.8.